The predicted molar refractivity (Wildman–Crippen MR) is 73.3 cm³/mol. The van der Waals surface area contributed by atoms with Crippen molar-refractivity contribution in [3.63, 3.8) is 0 Å². The third-order valence-corrected chi connectivity index (χ3v) is 2.73. The maximum Gasteiger partial charge on any atom is 0.245 e. The van der Waals surface area contributed by atoms with Gasteiger partial charge in [-0.25, -0.2) is 0 Å². The van der Waals surface area contributed by atoms with E-state index in [0.717, 1.165) is 0 Å². The molecule has 0 fully saturated rings. The number of unbranched alkanes of at least 4 members (excludes halogenated alkanes) is 1. The van der Waals surface area contributed by atoms with Gasteiger partial charge in [-0.1, -0.05) is 0 Å². The van der Waals surface area contributed by atoms with E-state index in [2.05, 4.69) is 10.6 Å². The molecular formula is C12H24N4O4. The Bertz CT molecular complexity index is 346. The van der Waals surface area contributed by atoms with Crippen molar-refractivity contribution >= 4 is 17.7 Å². The van der Waals surface area contributed by atoms with Gasteiger partial charge in [0.1, 0.15) is 12.1 Å². The highest BCUT2D eigenvalue weighted by Gasteiger charge is 2.27. The van der Waals surface area contributed by atoms with Crippen molar-refractivity contribution in [2.45, 2.75) is 51.3 Å². The lowest BCUT2D eigenvalue weighted by Gasteiger charge is -2.23. The molecule has 0 spiro atoms. The maximum absolute atomic E-state index is 11.9. The predicted octanol–water partition coefficient (Wildman–Crippen LogP) is -2.03. The second-order valence-corrected chi connectivity index (χ2v) is 4.67. The van der Waals surface area contributed by atoms with Gasteiger partial charge in [-0.15, -0.1) is 0 Å². The molecule has 0 rings (SSSR count). The van der Waals surface area contributed by atoms with Gasteiger partial charge in [0.05, 0.1) is 6.10 Å². The van der Waals surface area contributed by atoms with Crippen LogP contribution in [0.1, 0.15) is 33.1 Å². The third-order valence-electron chi connectivity index (χ3n) is 2.73. The summed E-state index contributed by atoms with van der Waals surface area (Å²) in [6, 6.07) is -1.96. The van der Waals surface area contributed by atoms with Crippen LogP contribution in [-0.2, 0) is 14.4 Å². The molecule has 8 heteroatoms. The molecular weight excluding hydrogens is 264 g/mol. The van der Waals surface area contributed by atoms with Crippen molar-refractivity contribution in [1.29, 1.82) is 0 Å². The first kappa shape index (κ1) is 18.3. The first-order valence-electron chi connectivity index (χ1n) is 6.54. The largest absolute Gasteiger partial charge is 0.391 e. The molecule has 116 valence electrons. The number of primary amides is 1. The first-order chi connectivity index (χ1) is 9.29. The summed E-state index contributed by atoms with van der Waals surface area (Å²) in [5.41, 5.74) is 10.6. The minimum Gasteiger partial charge on any atom is -0.391 e. The number of carbonyl (C=O) groups excluding carboxylic acids is 3. The van der Waals surface area contributed by atoms with Crippen LogP contribution in [0.15, 0.2) is 0 Å². The Balaban J connectivity index is 4.61. The van der Waals surface area contributed by atoms with Crippen LogP contribution in [0.3, 0.4) is 0 Å². The van der Waals surface area contributed by atoms with Crippen LogP contribution in [0, 0.1) is 0 Å². The Labute approximate surface area is 118 Å². The van der Waals surface area contributed by atoms with E-state index in [9.17, 15) is 19.5 Å². The molecule has 7 N–H and O–H groups in total. The average Bonchev–Trinajstić information content (AvgIpc) is 2.33. The summed E-state index contributed by atoms with van der Waals surface area (Å²) in [7, 11) is 0. The fraction of sp³-hybridized carbons (Fsp3) is 0.750. The highest BCUT2D eigenvalue weighted by Crippen LogP contribution is 2.02. The first-order valence-corrected chi connectivity index (χ1v) is 6.54. The van der Waals surface area contributed by atoms with Crippen LogP contribution in [0.4, 0.5) is 0 Å². The Morgan fingerprint density at radius 2 is 1.80 bits per heavy atom. The zero-order chi connectivity index (χ0) is 15.7. The van der Waals surface area contributed by atoms with Crippen LogP contribution in [0.2, 0.25) is 0 Å². The van der Waals surface area contributed by atoms with E-state index in [1.165, 1.54) is 13.8 Å². The number of aliphatic hydroxyl groups excluding tert-OH is 1. The average molecular weight is 288 g/mol. The molecule has 0 bridgehead atoms. The number of carbonyl (C=O) groups is 3. The van der Waals surface area contributed by atoms with Crippen LogP contribution >= 0.6 is 0 Å². The molecule has 0 radical (unpaired) electrons. The van der Waals surface area contributed by atoms with Gasteiger partial charge in [-0.2, -0.15) is 0 Å². The van der Waals surface area contributed by atoms with Crippen molar-refractivity contribution in [2.24, 2.45) is 11.5 Å². The minimum absolute atomic E-state index is 0.366. The summed E-state index contributed by atoms with van der Waals surface area (Å²) < 4.78 is 0. The molecule has 0 aliphatic heterocycles. The smallest absolute Gasteiger partial charge is 0.245 e. The minimum atomic E-state index is -1.12. The van der Waals surface area contributed by atoms with Gasteiger partial charge in [0, 0.05) is 6.92 Å². The zero-order valence-corrected chi connectivity index (χ0v) is 11.9. The topological polar surface area (TPSA) is 148 Å². The second-order valence-electron chi connectivity index (χ2n) is 4.67. The van der Waals surface area contributed by atoms with E-state index < -0.39 is 35.9 Å². The highest BCUT2D eigenvalue weighted by atomic mass is 16.3. The third kappa shape index (κ3) is 7.05. The van der Waals surface area contributed by atoms with Gasteiger partial charge < -0.3 is 27.2 Å². The molecule has 3 amide bonds. The Kier molecular flexibility index (Phi) is 8.49. The van der Waals surface area contributed by atoms with Crippen LogP contribution in [0.5, 0.6) is 0 Å². The summed E-state index contributed by atoms with van der Waals surface area (Å²) in [4.78, 5) is 34.2. The molecule has 8 nitrogen and oxygen atoms in total. The van der Waals surface area contributed by atoms with Crippen molar-refractivity contribution in [1.82, 2.24) is 10.6 Å². The fourth-order valence-electron chi connectivity index (χ4n) is 1.66. The number of hydrogen-bond acceptors (Lipinski definition) is 5. The van der Waals surface area contributed by atoms with E-state index in [-0.39, 0.29) is 0 Å². The number of hydrogen-bond donors (Lipinski definition) is 5. The zero-order valence-electron chi connectivity index (χ0n) is 11.9. The van der Waals surface area contributed by atoms with Gasteiger partial charge in [0.2, 0.25) is 17.7 Å². The molecule has 0 saturated heterocycles. The lowest BCUT2D eigenvalue weighted by atomic mass is 10.1. The molecule has 0 aromatic carbocycles. The standard InChI is InChI=1S/C12H24N4O4/c1-7(17)10(15-8(2)18)12(20)16-9(11(14)19)5-3-4-6-13/h7,9-10,17H,3-6,13H2,1-2H3,(H2,14,19)(H,15,18)(H,16,20)/t7-,9?,10-/m0/s1. The van der Waals surface area contributed by atoms with E-state index in [1.807, 2.05) is 0 Å². The lowest BCUT2D eigenvalue weighted by Crippen LogP contribution is -2.56. The number of nitrogens with one attached hydrogen (secondary N) is 2. The number of aliphatic hydroxyl groups is 1. The van der Waals surface area contributed by atoms with Gasteiger partial charge in [-0.05, 0) is 32.7 Å². The Morgan fingerprint density at radius 3 is 2.20 bits per heavy atom. The van der Waals surface area contributed by atoms with Gasteiger partial charge in [0.25, 0.3) is 0 Å². The number of rotatable bonds is 9. The normalized spacial score (nSPS) is 15.0. The van der Waals surface area contributed by atoms with Gasteiger partial charge in [-0.3, -0.25) is 14.4 Å². The number of nitrogens with two attached hydrogens (primary N) is 2. The van der Waals surface area contributed by atoms with E-state index in [0.29, 0.717) is 25.8 Å². The number of amides is 3. The van der Waals surface area contributed by atoms with E-state index >= 15 is 0 Å². The van der Waals surface area contributed by atoms with Crippen molar-refractivity contribution in [3.8, 4) is 0 Å². The molecule has 0 aliphatic carbocycles. The summed E-state index contributed by atoms with van der Waals surface area (Å²) in [5, 5.41) is 14.2. The molecule has 3 atom stereocenters. The SMILES string of the molecule is CC(=O)N[C@H](C(=O)NC(CCCCN)C(N)=O)[C@H](C)O. The molecule has 0 heterocycles. The molecule has 20 heavy (non-hydrogen) atoms. The molecule has 1 unspecified atom stereocenters. The Morgan fingerprint density at radius 1 is 1.20 bits per heavy atom. The van der Waals surface area contributed by atoms with Crippen LogP contribution < -0.4 is 22.1 Å². The van der Waals surface area contributed by atoms with Crippen molar-refractivity contribution in [3.05, 3.63) is 0 Å². The summed E-state index contributed by atoms with van der Waals surface area (Å²) in [5.74, 6) is -1.76. The van der Waals surface area contributed by atoms with Crippen molar-refractivity contribution in [2.75, 3.05) is 6.54 Å². The van der Waals surface area contributed by atoms with Gasteiger partial charge in [0.15, 0.2) is 0 Å². The Hall–Kier alpha value is -1.67. The van der Waals surface area contributed by atoms with Gasteiger partial charge >= 0.3 is 0 Å². The quantitative estimate of drug-likeness (QED) is 0.310. The lowest BCUT2D eigenvalue weighted by molar-refractivity contribution is -0.133. The fourth-order valence-corrected chi connectivity index (χ4v) is 1.66. The molecule has 0 aromatic heterocycles. The summed E-state index contributed by atoms with van der Waals surface area (Å²) >= 11 is 0. The van der Waals surface area contributed by atoms with Crippen LogP contribution in [0.25, 0.3) is 0 Å². The maximum atomic E-state index is 11.9. The molecule has 0 aromatic rings. The van der Waals surface area contributed by atoms with E-state index in [4.69, 9.17) is 11.5 Å². The monoisotopic (exact) mass is 288 g/mol. The summed E-state index contributed by atoms with van der Waals surface area (Å²) in [6.07, 6.45) is 0.636. The molecule has 0 aliphatic rings. The summed E-state index contributed by atoms with van der Waals surface area (Å²) in [6.45, 7) is 3.09. The van der Waals surface area contributed by atoms with Crippen LogP contribution in [-0.4, -0.2) is 47.6 Å². The molecule has 0 saturated carbocycles. The van der Waals surface area contributed by atoms with Crippen molar-refractivity contribution < 1.29 is 19.5 Å². The second kappa shape index (κ2) is 9.27. The van der Waals surface area contributed by atoms with E-state index in [1.54, 1.807) is 0 Å². The highest BCUT2D eigenvalue weighted by molar-refractivity contribution is 5.91.